The van der Waals surface area contributed by atoms with Crippen LogP contribution in [-0.2, 0) is 6.61 Å². The molecule has 0 fully saturated rings. The number of aromatic nitrogens is 1. The molecule has 0 saturated carbocycles. The van der Waals surface area contributed by atoms with E-state index < -0.39 is 4.92 Å². The highest BCUT2D eigenvalue weighted by Crippen LogP contribution is 2.34. The lowest BCUT2D eigenvalue weighted by molar-refractivity contribution is -0.384. The van der Waals surface area contributed by atoms with E-state index in [9.17, 15) is 15.4 Å². The van der Waals surface area contributed by atoms with Crippen molar-refractivity contribution in [1.29, 1.82) is 5.26 Å². The second-order valence-corrected chi connectivity index (χ2v) is 8.77. The van der Waals surface area contributed by atoms with E-state index >= 15 is 0 Å². The van der Waals surface area contributed by atoms with E-state index in [0.717, 1.165) is 25.7 Å². The zero-order valence-electron chi connectivity index (χ0n) is 16.1. The van der Waals surface area contributed by atoms with E-state index in [0.29, 0.717) is 10.7 Å². The van der Waals surface area contributed by atoms with Crippen LogP contribution >= 0.6 is 23.1 Å². The van der Waals surface area contributed by atoms with Gasteiger partial charge in [0.25, 0.3) is 5.69 Å². The minimum Gasteiger partial charge on any atom is -0.489 e. The molecule has 0 aliphatic rings. The van der Waals surface area contributed by atoms with Crippen molar-refractivity contribution in [3.05, 3.63) is 98.9 Å². The molecule has 0 N–H and O–H groups in total. The molecule has 4 rings (SSSR count). The second-order valence-electron chi connectivity index (χ2n) is 6.45. The Morgan fingerprint density at radius 2 is 1.97 bits per heavy atom. The Morgan fingerprint density at radius 3 is 2.71 bits per heavy atom. The molecule has 152 valence electrons. The van der Waals surface area contributed by atoms with E-state index in [1.807, 2.05) is 48.5 Å². The van der Waals surface area contributed by atoms with Crippen LogP contribution in [-0.4, -0.2) is 9.91 Å². The third-order valence-electron chi connectivity index (χ3n) is 4.29. The van der Waals surface area contributed by atoms with E-state index in [-0.39, 0.29) is 12.3 Å². The molecule has 6 nitrogen and oxygen atoms in total. The Morgan fingerprint density at radius 1 is 1.16 bits per heavy atom. The van der Waals surface area contributed by atoms with Gasteiger partial charge in [0.2, 0.25) is 0 Å². The van der Waals surface area contributed by atoms with Crippen LogP contribution in [0.5, 0.6) is 5.75 Å². The first kappa shape index (κ1) is 20.6. The summed E-state index contributed by atoms with van der Waals surface area (Å²) in [7, 11) is 0. The summed E-state index contributed by atoms with van der Waals surface area (Å²) in [6.07, 6.45) is 1.80. The number of hydrogen-bond donors (Lipinski definition) is 0. The van der Waals surface area contributed by atoms with Crippen LogP contribution in [0.15, 0.2) is 82.0 Å². The number of non-ortho nitro benzene ring substituents is 1. The van der Waals surface area contributed by atoms with Gasteiger partial charge in [0.05, 0.1) is 20.0 Å². The van der Waals surface area contributed by atoms with Crippen molar-refractivity contribution in [2.45, 2.75) is 10.9 Å². The van der Waals surface area contributed by atoms with Crippen molar-refractivity contribution in [1.82, 2.24) is 4.98 Å². The van der Waals surface area contributed by atoms with Gasteiger partial charge in [-0.3, -0.25) is 10.1 Å². The van der Waals surface area contributed by atoms with E-state index in [1.165, 1.54) is 23.9 Å². The number of nitriles is 1. The highest BCUT2D eigenvalue weighted by Gasteiger charge is 2.08. The van der Waals surface area contributed by atoms with Crippen molar-refractivity contribution in [3.63, 3.8) is 0 Å². The number of thiazole rings is 1. The first-order valence-electron chi connectivity index (χ1n) is 9.22. The van der Waals surface area contributed by atoms with Gasteiger partial charge in [-0.25, -0.2) is 4.98 Å². The number of allylic oxidation sites excluding steroid dienone is 1. The van der Waals surface area contributed by atoms with Gasteiger partial charge in [-0.15, -0.1) is 11.3 Å². The van der Waals surface area contributed by atoms with Crippen LogP contribution in [0.3, 0.4) is 0 Å². The molecule has 31 heavy (non-hydrogen) atoms. The fourth-order valence-electron chi connectivity index (χ4n) is 2.80. The third kappa shape index (κ3) is 5.28. The molecule has 0 bridgehead atoms. The van der Waals surface area contributed by atoms with Crippen molar-refractivity contribution in [3.8, 4) is 11.8 Å². The third-order valence-corrected chi connectivity index (χ3v) is 6.32. The van der Waals surface area contributed by atoms with E-state index in [1.54, 1.807) is 29.5 Å². The lowest BCUT2D eigenvalue weighted by atomic mass is 10.2. The summed E-state index contributed by atoms with van der Waals surface area (Å²) in [5, 5.41) is 20.3. The second kappa shape index (κ2) is 9.43. The minimum atomic E-state index is -0.431. The van der Waals surface area contributed by atoms with Crippen LogP contribution in [0.1, 0.15) is 11.1 Å². The van der Waals surface area contributed by atoms with Crippen LogP contribution in [0.4, 0.5) is 5.69 Å². The minimum absolute atomic E-state index is 0.0468. The average Bonchev–Trinajstić information content (AvgIpc) is 3.20. The fourth-order valence-corrected chi connectivity index (χ4v) is 4.77. The van der Waals surface area contributed by atoms with E-state index in [4.69, 9.17) is 4.74 Å². The number of thioether (sulfide) groups is 1. The number of nitrogens with zero attached hydrogens (tertiary/aromatic N) is 3. The van der Waals surface area contributed by atoms with Gasteiger partial charge >= 0.3 is 0 Å². The Bertz CT molecular complexity index is 1270. The van der Waals surface area contributed by atoms with Crippen LogP contribution in [0.25, 0.3) is 16.3 Å². The molecule has 8 heteroatoms. The molecule has 0 saturated heterocycles. The molecule has 3 aromatic carbocycles. The summed E-state index contributed by atoms with van der Waals surface area (Å²) in [5.74, 6) is 0.648. The maximum absolute atomic E-state index is 10.7. The van der Waals surface area contributed by atoms with Gasteiger partial charge in [-0.05, 0) is 65.4 Å². The summed E-state index contributed by atoms with van der Waals surface area (Å²) in [6.45, 7) is 0.288. The van der Waals surface area contributed by atoms with Crippen LogP contribution in [0, 0.1) is 21.4 Å². The van der Waals surface area contributed by atoms with Gasteiger partial charge < -0.3 is 4.74 Å². The molecule has 0 aliphatic heterocycles. The SMILES string of the molecule is N#C/C(=C\c1cccc(OCc2ccc([N+](=O)[O-])cc2)c1)Sc1nc2ccccc2s1. The lowest BCUT2D eigenvalue weighted by Crippen LogP contribution is -1.96. The maximum atomic E-state index is 10.7. The number of hydrogen-bond acceptors (Lipinski definition) is 7. The molecule has 1 aromatic heterocycles. The Hall–Kier alpha value is -3.67. The first-order valence-corrected chi connectivity index (χ1v) is 10.9. The Kier molecular flexibility index (Phi) is 6.26. The number of benzene rings is 3. The zero-order valence-corrected chi connectivity index (χ0v) is 17.7. The number of para-hydroxylation sites is 1. The summed E-state index contributed by atoms with van der Waals surface area (Å²) >= 11 is 2.90. The van der Waals surface area contributed by atoms with Crippen molar-refractivity contribution in [2.75, 3.05) is 0 Å². The molecule has 0 spiro atoms. The quantitative estimate of drug-likeness (QED) is 0.141. The number of nitro groups is 1. The van der Waals surface area contributed by atoms with E-state index in [2.05, 4.69) is 11.1 Å². The first-order chi connectivity index (χ1) is 15.1. The predicted molar refractivity (Wildman–Crippen MR) is 123 cm³/mol. The number of rotatable bonds is 7. The topological polar surface area (TPSA) is 89.0 Å². The van der Waals surface area contributed by atoms with Gasteiger partial charge in [0.15, 0.2) is 4.34 Å². The normalized spacial score (nSPS) is 11.3. The van der Waals surface area contributed by atoms with Gasteiger partial charge in [-0.2, -0.15) is 5.26 Å². The summed E-state index contributed by atoms with van der Waals surface area (Å²) in [4.78, 5) is 15.4. The van der Waals surface area contributed by atoms with Crippen molar-refractivity contribution >= 4 is 45.1 Å². The molecule has 4 aromatic rings. The summed E-state index contributed by atoms with van der Waals surface area (Å²) < 4.78 is 7.71. The Labute approximate surface area is 186 Å². The van der Waals surface area contributed by atoms with Crippen LogP contribution < -0.4 is 4.74 Å². The zero-order chi connectivity index (χ0) is 21.6. The molecular formula is C23H15N3O3S2. The van der Waals surface area contributed by atoms with Gasteiger partial charge in [0, 0.05) is 12.1 Å². The predicted octanol–water partition coefficient (Wildman–Crippen LogP) is 6.44. The number of fused-ring (bicyclic) bond motifs is 1. The monoisotopic (exact) mass is 445 g/mol. The smallest absolute Gasteiger partial charge is 0.269 e. The Balaban J connectivity index is 1.45. The largest absolute Gasteiger partial charge is 0.489 e. The van der Waals surface area contributed by atoms with Crippen molar-refractivity contribution < 1.29 is 9.66 Å². The number of ether oxygens (including phenoxy) is 1. The molecular weight excluding hydrogens is 430 g/mol. The fraction of sp³-hybridized carbons (Fsp3) is 0.0435. The highest BCUT2D eigenvalue weighted by molar-refractivity contribution is 8.05. The summed E-state index contributed by atoms with van der Waals surface area (Å²) in [5.41, 5.74) is 2.64. The van der Waals surface area contributed by atoms with Gasteiger partial charge in [-0.1, -0.05) is 24.3 Å². The molecule has 0 atom stereocenters. The van der Waals surface area contributed by atoms with Crippen LogP contribution in [0.2, 0.25) is 0 Å². The lowest BCUT2D eigenvalue weighted by Gasteiger charge is -2.07. The molecule has 1 heterocycles. The molecule has 0 aliphatic carbocycles. The van der Waals surface area contributed by atoms with Crippen molar-refractivity contribution in [2.24, 2.45) is 0 Å². The summed E-state index contributed by atoms with van der Waals surface area (Å²) in [6, 6.07) is 23.8. The maximum Gasteiger partial charge on any atom is 0.269 e. The molecule has 0 radical (unpaired) electrons. The van der Waals surface area contributed by atoms with Gasteiger partial charge in [0.1, 0.15) is 18.4 Å². The standard InChI is InChI=1S/C23H15N3O3S2/c24-14-20(30-23-25-21-6-1-2-7-22(21)31-23)13-17-4-3-5-19(12-17)29-15-16-8-10-18(11-9-16)26(27)28/h1-13H,15H2/b20-13+. The highest BCUT2D eigenvalue weighted by atomic mass is 32.2. The average molecular weight is 446 g/mol. The molecule has 0 amide bonds. The molecule has 0 unspecified atom stereocenters. The number of nitro benzene ring substituents is 1.